The fourth-order valence-electron chi connectivity index (χ4n) is 2.41. The van der Waals surface area contributed by atoms with Crippen LogP contribution in [-0.4, -0.2) is 35.8 Å². The number of amides is 2. The van der Waals surface area contributed by atoms with Gasteiger partial charge in [-0.2, -0.15) is 10.5 Å². The number of nitriles is 2. The number of carbonyl (C=O) groups excluding carboxylic acids is 3. The Morgan fingerprint density at radius 1 is 1.22 bits per heavy atom. The number of hydrogen-bond donors (Lipinski definition) is 0. The molecule has 1 aliphatic heterocycles. The van der Waals surface area contributed by atoms with Crippen LogP contribution in [0.25, 0.3) is 0 Å². The van der Waals surface area contributed by atoms with E-state index in [1.54, 1.807) is 24.3 Å². The van der Waals surface area contributed by atoms with Gasteiger partial charge in [0.2, 0.25) is 0 Å². The van der Waals surface area contributed by atoms with Crippen LogP contribution in [0.1, 0.15) is 34.1 Å². The van der Waals surface area contributed by atoms with Crippen LogP contribution in [0.4, 0.5) is 0 Å². The Bertz CT molecular complexity index is 723. The third-order valence-electron chi connectivity index (χ3n) is 3.71. The van der Waals surface area contributed by atoms with Gasteiger partial charge in [-0.1, -0.05) is 12.1 Å². The van der Waals surface area contributed by atoms with Gasteiger partial charge in [0.1, 0.15) is 11.5 Å². The van der Waals surface area contributed by atoms with Gasteiger partial charge >= 0.3 is 5.97 Å². The fraction of sp³-hybridized carbons (Fsp3) is 0.312. The fourth-order valence-corrected chi connectivity index (χ4v) is 2.41. The van der Waals surface area contributed by atoms with Crippen LogP contribution in [0.3, 0.4) is 0 Å². The van der Waals surface area contributed by atoms with Gasteiger partial charge in [-0.05, 0) is 19.1 Å². The number of carbonyl (C=O) groups is 3. The highest BCUT2D eigenvalue weighted by Crippen LogP contribution is 2.30. The summed E-state index contributed by atoms with van der Waals surface area (Å²) in [7, 11) is 1.11. The Morgan fingerprint density at radius 2 is 1.70 bits per heavy atom. The molecular formula is C16H13N3O4. The predicted molar refractivity (Wildman–Crippen MR) is 76.7 cm³/mol. The minimum Gasteiger partial charge on any atom is -0.467 e. The van der Waals surface area contributed by atoms with Crippen molar-refractivity contribution in [3.63, 3.8) is 0 Å². The van der Waals surface area contributed by atoms with E-state index in [0.717, 1.165) is 12.0 Å². The van der Waals surface area contributed by atoms with E-state index in [4.69, 9.17) is 10.5 Å². The molecule has 0 fully saturated rings. The predicted octanol–water partition coefficient (Wildman–Crippen LogP) is 1.27. The van der Waals surface area contributed by atoms with Gasteiger partial charge in [0.05, 0.1) is 30.4 Å². The highest BCUT2D eigenvalue weighted by atomic mass is 16.5. The molecule has 1 aromatic rings. The van der Waals surface area contributed by atoms with Crippen molar-refractivity contribution < 1.29 is 19.1 Å². The summed E-state index contributed by atoms with van der Waals surface area (Å²) in [5, 5.41) is 18.2. The lowest BCUT2D eigenvalue weighted by Crippen LogP contribution is -2.47. The summed E-state index contributed by atoms with van der Waals surface area (Å²) < 4.78 is 4.65. The lowest BCUT2D eigenvalue weighted by atomic mass is 9.86. The van der Waals surface area contributed by atoms with Crippen molar-refractivity contribution in [2.45, 2.75) is 19.4 Å². The van der Waals surface area contributed by atoms with Gasteiger partial charge in [0.25, 0.3) is 11.8 Å². The lowest BCUT2D eigenvalue weighted by molar-refractivity contribution is -0.145. The quantitative estimate of drug-likeness (QED) is 0.611. The Balaban J connectivity index is 2.45. The minimum absolute atomic E-state index is 0.182. The van der Waals surface area contributed by atoms with Crippen molar-refractivity contribution in [3.8, 4) is 12.1 Å². The number of benzene rings is 1. The van der Waals surface area contributed by atoms with E-state index >= 15 is 0 Å². The third kappa shape index (κ3) is 2.65. The summed E-state index contributed by atoms with van der Waals surface area (Å²) in [4.78, 5) is 37.8. The van der Waals surface area contributed by atoms with Crippen molar-refractivity contribution >= 4 is 17.8 Å². The van der Waals surface area contributed by atoms with Crippen LogP contribution in [0.15, 0.2) is 24.3 Å². The van der Waals surface area contributed by atoms with Crippen molar-refractivity contribution in [3.05, 3.63) is 35.4 Å². The van der Waals surface area contributed by atoms with Gasteiger partial charge < -0.3 is 4.74 Å². The molecule has 0 bridgehead atoms. The SMILES string of the molecule is COC(=O)C(CC(C)(C#N)C#N)N1C(=O)c2ccccc2C1=O. The zero-order valence-electron chi connectivity index (χ0n) is 12.6. The highest BCUT2D eigenvalue weighted by molar-refractivity contribution is 6.22. The molecule has 0 saturated heterocycles. The summed E-state index contributed by atoms with van der Waals surface area (Å²) in [6, 6.07) is 8.43. The first-order chi connectivity index (χ1) is 10.9. The van der Waals surface area contributed by atoms with Crippen LogP contribution in [0.5, 0.6) is 0 Å². The zero-order valence-corrected chi connectivity index (χ0v) is 12.6. The molecule has 1 atom stereocenters. The topological polar surface area (TPSA) is 111 Å². The van der Waals surface area contributed by atoms with Crippen molar-refractivity contribution in [2.24, 2.45) is 5.41 Å². The number of rotatable bonds is 4. The smallest absolute Gasteiger partial charge is 0.329 e. The second-order valence-electron chi connectivity index (χ2n) is 5.32. The molecule has 0 spiro atoms. The first kappa shape index (κ1) is 16.2. The highest BCUT2D eigenvalue weighted by Gasteiger charge is 2.46. The first-order valence-corrected chi connectivity index (χ1v) is 6.76. The molecule has 7 heteroatoms. The van der Waals surface area contributed by atoms with Gasteiger partial charge in [-0.15, -0.1) is 0 Å². The van der Waals surface area contributed by atoms with Crippen LogP contribution < -0.4 is 0 Å². The molecule has 0 radical (unpaired) electrons. The number of imide groups is 1. The minimum atomic E-state index is -1.53. The summed E-state index contributed by atoms with van der Waals surface area (Å²) in [5.41, 5.74) is -1.17. The molecule has 1 unspecified atom stereocenters. The average Bonchev–Trinajstić information content (AvgIpc) is 2.83. The molecule has 116 valence electrons. The maximum absolute atomic E-state index is 12.5. The standard InChI is InChI=1S/C16H13N3O4/c1-16(8-17,9-18)7-12(15(22)23-2)19-13(20)10-5-3-4-6-11(10)14(19)21/h3-6,12H,7H2,1-2H3. The molecular weight excluding hydrogens is 298 g/mol. The number of fused-ring (bicyclic) bond motifs is 1. The van der Waals surface area contributed by atoms with Crippen LogP contribution in [-0.2, 0) is 9.53 Å². The van der Waals surface area contributed by atoms with Crippen LogP contribution in [0.2, 0.25) is 0 Å². The normalized spacial score (nSPS) is 14.7. The second kappa shape index (κ2) is 5.90. The summed E-state index contributed by atoms with van der Waals surface area (Å²) >= 11 is 0. The largest absolute Gasteiger partial charge is 0.467 e. The number of methoxy groups -OCH3 is 1. The maximum atomic E-state index is 12.5. The Kier molecular flexibility index (Phi) is 4.15. The van der Waals surface area contributed by atoms with Gasteiger partial charge in [-0.25, -0.2) is 4.79 Å². The lowest BCUT2D eigenvalue weighted by Gasteiger charge is -2.27. The summed E-state index contributed by atoms with van der Waals surface area (Å²) in [6.07, 6.45) is -0.321. The molecule has 1 aromatic carbocycles. The van der Waals surface area contributed by atoms with E-state index in [2.05, 4.69) is 4.74 Å². The van der Waals surface area contributed by atoms with Crippen molar-refractivity contribution in [1.82, 2.24) is 4.90 Å². The molecule has 7 nitrogen and oxygen atoms in total. The number of nitrogens with zero attached hydrogens (tertiary/aromatic N) is 3. The van der Waals surface area contributed by atoms with Gasteiger partial charge in [0, 0.05) is 6.42 Å². The van der Waals surface area contributed by atoms with E-state index in [0.29, 0.717) is 0 Å². The molecule has 0 N–H and O–H groups in total. The number of ether oxygens (including phenoxy) is 1. The first-order valence-electron chi connectivity index (χ1n) is 6.76. The van der Waals surface area contributed by atoms with E-state index < -0.39 is 29.2 Å². The molecule has 1 aliphatic rings. The maximum Gasteiger partial charge on any atom is 0.329 e. The molecule has 0 saturated carbocycles. The second-order valence-corrected chi connectivity index (χ2v) is 5.32. The third-order valence-corrected chi connectivity index (χ3v) is 3.71. The molecule has 2 rings (SSSR count). The summed E-state index contributed by atoms with van der Waals surface area (Å²) in [6.45, 7) is 1.33. The molecule has 23 heavy (non-hydrogen) atoms. The average molecular weight is 311 g/mol. The zero-order chi connectivity index (χ0) is 17.2. The summed E-state index contributed by atoms with van der Waals surface area (Å²) in [5.74, 6) is -2.13. The Hall–Kier alpha value is -3.19. The Morgan fingerprint density at radius 3 is 2.09 bits per heavy atom. The molecule has 2 amide bonds. The van der Waals surface area contributed by atoms with Crippen LogP contribution >= 0.6 is 0 Å². The van der Waals surface area contributed by atoms with E-state index in [1.807, 2.05) is 0 Å². The van der Waals surface area contributed by atoms with E-state index in [1.165, 1.54) is 19.1 Å². The Labute approximate surface area is 132 Å². The monoisotopic (exact) mass is 311 g/mol. The number of esters is 1. The van der Waals surface area contributed by atoms with Crippen LogP contribution in [0, 0.1) is 28.1 Å². The molecule has 1 heterocycles. The van der Waals surface area contributed by atoms with Gasteiger partial charge in [-0.3, -0.25) is 14.5 Å². The van der Waals surface area contributed by atoms with Crippen molar-refractivity contribution in [2.75, 3.05) is 7.11 Å². The molecule has 0 aliphatic carbocycles. The van der Waals surface area contributed by atoms with E-state index in [-0.39, 0.29) is 17.5 Å². The van der Waals surface area contributed by atoms with Crippen molar-refractivity contribution in [1.29, 1.82) is 10.5 Å². The molecule has 0 aromatic heterocycles. The van der Waals surface area contributed by atoms with E-state index in [9.17, 15) is 14.4 Å². The number of hydrogen-bond acceptors (Lipinski definition) is 6. The van der Waals surface area contributed by atoms with Gasteiger partial charge in [0.15, 0.2) is 0 Å².